The number of nitrogens with zero attached hydrogens (tertiary/aromatic N) is 3. The van der Waals surface area contributed by atoms with Gasteiger partial charge in [0.2, 0.25) is 0 Å². The molecule has 2 aromatic carbocycles. The van der Waals surface area contributed by atoms with E-state index in [-0.39, 0.29) is 0 Å². The topological polar surface area (TPSA) is 40.5 Å². The highest BCUT2D eigenvalue weighted by molar-refractivity contribution is 7.09. The first-order valence-electron chi connectivity index (χ1n) is 8.47. The number of benzene rings is 2. The number of aliphatic imine (C=N–C) groups is 1. The number of rotatable bonds is 5. The number of thiazole rings is 1. The van der Waals surface area contributed by atoms with Crippen molar-refractivity contribution in [2.45, 2.75) is 19.9 Å². The number of aromatic nitrogens is 1. The first-order chi connectivity index (χ1) is 12.2. The number of hydrogen-bond donors (Lipinski definition) is 1. The van der Waals surface area contributed by atoms with Gasteiger partial charge in [0.05, 0.1) is 17.2 Å². The number of hydrogen-bond acceptors (Lipinski definition) is 3. The van der Waals surface area contributed by atoms with Crippen molar-refractivity contribution in [3.8, 4) is 0 Å². The summed E-state index contributed by atoms with van der Waals surface area (Å²) >= 11 is 1.68. The maximum Gasteiger partial charge on any atom is 0.193 e. The Hall–Kier alpha value is -2.40. The van der Waals surface area contributed by atoms with Crippen molar-refractivity contribution in [1.29, 1.82) is 0 Å². The Balaban J connectivity index is 1.59. The molecule has 130 valence electrons. The third-order valence-electron chi connectivity index (χ3n) is 4.20. The van der Waals surface area contributed by atoms with Crippen molar-refractivity contribution in [2.24, 2.45) is 4.99 Å². The second kappa shape index (κ2) is 8.12. The van der Waals surface area contributed by atoms with E-state index in [1.54, 1.807) is 11.3 Å². The molecule has 0 fully saturated rings. The molecule has 0 amide bonds. The van der Waals surface area contributed by atoms with Gasteiger partial charge in [0.1, 0.15) is 0 Å². The van der Waals surface area contributed by atoms with Gasteiger partial charge in [0.25, 0.3) is 0 Å². The summed E-state index contributed by atoms with van der Waals surface area (Å²) in [6.07, 6.45) is 0.962. The van der Waals surface area contributed by atoms with Crippen molar-refractivity contribution in [3.63, 3.8) is 0 Å². The highest BCUT2D eigenvalue weighted by atomic mass is 32.1. The molecule has 0 saturated carbocycles. The van der Waals surface area contributed by atoms with E-state index in [0.717, 1.165) is 36.2 Å². The minimum Gasteiger partial charge on any atom is -0.356 e. The first kappa shape index (κ1) is 17.4. The number of fused-ring (bicyclic) bond motifs is 1. The smallest absolute Gasteiger partial charge is 0.193 e. The van der Waals surface area contributed by atoms with Crippen LogP contribution in [0.2, 0.25) is 0 Å². The van der Waals surface area contributed by atoms with Crippen LogP contribution < -0.4 is 5.32 Å². The zero-order chi connectivity index (χ0) is 17.6. The van der Waals surface area contributed by atoms with E-state index in [2.05, 4.69) is 68.0 Å². The Morgan fingerprint density at radius 2 is 2.00 bits per heavy atom. The Morgan fingerprint density at radius 3 is 2.76 bits per heavy atom. The van der Waals surface area contributed by atoms with Gasteiger partial charge in [0.15, 0.2) is 5.96 Å². The van der Waals surface area contributed by atoms with Crippen LogP contribution in [0.3, 0.4) is 0 Å². The molecule has 1 N–H and O–H groups in total. The molecule has 1 heterocycles. The molecule has 0 saturated heterocycles. The van der Waals surface area contributed by atoms with Crippen LogP contribution >= 0.6 is 11.3 Å². The number of guanidine groups is 1. The summed E-state index contributed by atoms with van der Waals surface area (Å²) in [7, 11) is 3.87. The molecule has 0 aliphatic heterocycles. The predicted octanol–water partition coefficient (Wildman–Crippen LogP) is 3.85. The van der Waals surface area contributed by atoms with Crippen LogP contribution in [-0.4, -0.2) is 36.5 Å². The average Bonchev–Trinajstić information content (AvgIpc) is 3.03. The largest absolute Gasteiger partial charge is 0.356 e. The summed E-state index contributed by atoms with van der Waals surface area (Å²) < 4.78 is 0. The molecule has 4 nitrogen and oxygen atoms in total. The minimum atomic E-state index is 0.762. The summed E-state index contributed by atoms with van der Waals surface area (Å²) in [5, 5.41) is 9.29. The molecule has 0 spiro atoms. The Bertz CT molecular complexity index is 864. The molecule has 1 aromatic heterocycles. The van der Waals surface area contributed by atoms with Gasteiger partial charge >= 0.3 is 0 Å². The van der Waals surface area contributed by atoms with Gasteiger partial charge in [-0.25, -0.2) is 4.98 Å². The number of aryl methyl sites for hydroxylation is 1. The molecule has 3 rings (SSSR count). The third kappa shape index (κ3) is 4.37. The maximum atomic E-state index is 4.52. The molecule has 0 aliphatic rings. The third-order valence-corrected chi connectivity index (χ3v) is 5.02. The van der Waals surface area contributed by atoms with Crippen molar-refractivity contribution in [3.05, 3.63) is 64.1 Å². The van der Waals surface area contributed by atoms with Gasteiger partial charge in [0, 0.05) is 26.0 Å². The van der Waals surface area contributed by atoms with Crippen LogP contribution in [0.25, 0.3) is 10.8 Å². The Labute approximate surface area is 153 Å². The minimum absolute atomic E-state index is 0.762. The molecule has 3 aromatic rings. The van der Waals surface area contributed by atoms with Crippen molar-refractivity contribution in [2.75, 3.05) is 20.6 Å². The second-order valence-corrected chi connectivity index (χ2v) is 7.14. The van der Waals surface area contributed by atoms with Crippen molar-refractivity contribution < 1.29 is 0 Å². The zero-order valence-corrected chi connectivity index (χ0v) is 15.8. The normalized spacial score (nSPS) is 11.7. The van der Waals surface area contributed by atoms with E-state index < -0.39 is 0 Å². The first-order valence-corrected chi connectivity index (χ1v) is 9.35. The van der Waals surface area contributed by atoms with E-state index in [1.165, 1.54) is 16.3 Å². The molecule has 25 heavy (non-hydrogen) atoms. The second-order valence-electron chi connectivity index (χ2n) is 6.08. The zero-order valence-electron chi connectivity index (χ0n) is 15.0. The average molecular weight is 353 g/mol. The fourth-order valence-electron chi connectivity index (χ4n) is 3.00. The molecule has 5 heteroatoms. The fraction of sp³-hybridized carbons (Fsp3) is 0.300. The van der Waals surface area contributed by atoms with Gasteiger partial charge in [-0.05, 0) is 29.7 Å². The summed E-state index contributed by atoms with van der Waals surface area (Å²) in [6, 6.07) is 15.0. The van der Waals surface area contributed by atoms with Gasteiger partial charge in [-0.3, -0.25) is 4.99 Å². The van der Waals surface area contributed by atoms with E-state index in [9.17, 15) is 0 Å². The monoisotopic (exact) mass is 352 g/mol. The lowest BCUT2D eigenvalue weighted by atomic mass is 10.0. The van der Waals surface area contributed by atoms with Crippen LogP contribution in [0.1, 0.15) is 16.3 Å². The standard InChI is InChI=1S/C20H24N4S/c1-15-23-18(14-25-15)13-24(3)20(21-2)22-12-11-17-9-6-8-16-7-4-5-10-19(16)17/h4-10,14H,11-13H2,1-3H3,(H,21,22). The lowest BCUT2D eigenvalue weighted by molar-refractivity contribution is 0.471. The highest BCUT2D eigenvalue weighted by Gasteiger charge is 2.08. The number of nitrogens with one attached hydrogen (secondary N) is 1. The molecule has 0 atom stereocenters. The van der Waals surface area contributed by atoms with Gasteiger partial charge in [-0.15, -0.1) is 11.3 Å². The van der Waals surface area contributed by atoms with Crippen LogP contribution in [0.5, 0.6) is 0 Å². The molecule has 0 unspecified atom stereocenters. The quantitative estimate of drug-likeness (QED) is 0.560. The summed E-state index contributed by atoms with van der Waals surface area (Å²) in [6.45, 7) is 3.64. The molecular weight excluding hydrogens is 328 g/mol. The van der Waals surface area contributed by atoms with Gasteiger partial charge in [-0.2, -0.15) is 0 Å². The molecule has 0 aliphatic carbocycles. The van der Waals surface area contributed by atoms with E-state index in [0.29, 0.717) is 0 Å². The van der Waals surface area contributed by atoms with Gasteiger partial charge < -0.3 is 10.2 Å². The lowest BCUT2D eigenvalue weighted by Crippen LogP contribution is -2.39. The molecular formula is C20H24N4S. The fourth-order valence-corrected chi connectivity index (χ4v) is 3.61. The SMILES string of the molecule is CN=C(NCCc1cccc2ccccc12)N(C)Cc1csc(C)n1. The predicted molar refractivity (Wildman–Crippen MR) is 107 cm³/mol. The Kier molecular flexibility index (Phi) is 5.66. The van der Waals surface area contributed by atoms with Crippen LogP contribution in [-0.2, 0) is 13.0 Å². The summed E-state index contributed by atoms with van der Waals surface area (Å²) in [5.41, 5.74) is 2.45. The van der Waals surface area contributed by atoms with Crippen LogP contribution in [0, 0.1) is 6.92 Å². The van der Waals surface area contributed by atoms with Crippen LogP contribution in [0.4, 0.5) is 0 Å². The van der Waals surface area contributed by atoms with Crippen LogP contribution in [0.15, 0.2) is 52.8 Å². The Morgan fingerprint density at radius 1 is 1.20 bits per heavy atom. The van der Waals surface area contributed by atoms with E-state index in [1.807, 2.05) is 21.0 Å². The summed E-state index contributed by atoms with van der Waals surface area (Å²) in [4.78, 5) is 11.0. The summed E-state index contributed by atoms with van der Waals surface area (Å²) in [5.74, 6) is 0.894. The van der Waals surface area contributed by atoms with E-state index >= 15 is 0 Å². The molecule has 0 bridgehead atoms. The van der Waals surface area contributed by atoms with Gasteiger partial charge in [-0.1, -0.05) is 42.5 Å². The maximum absolute atomic E-state index is 4.52. The highest BCUT2D eigenvalue weighted by Crippen LogP contribution is 2.18. The lowest BCUT2D eigenvalue weighted by Gasteiger charge is -2.21. The van der Waals surface area contributed by atoms with Crippen molar-refractivity contribution >= 4 is 28.1 Å². The molecule has 0 radical (unpaired) electrons. The van der Waals surface area contributed by atoms with Crippen molar-refractivity contribution in [1.82, 2.24) is 15.2 Å². The van der Waals surface area contributed by atoms with E-state index in [4.69, 9.17) is 0 Å².